The van der Waals surface area contributed by atoms with E-state index in [2.05, 4.69) is 4.72 Å². The normalized spacial score (nSPS) is 23.8. The summed E-state index contributed by atoms with van der Waals surface area (Å²) in [6, 6.07) is 24.8. The van der Waals surface area contributed by atoms with Crippen LogP contribution in [0.15, 0.2) is 95.9 Å². The fraction of sp³-hybridized carbons (Fsp3) is 0.310. The fourth-order valence-electron chi connectivity index (χ4n) is 5.53. The highest BCUT2D eigenvalue weighted by atomic mass is 32.2. The van der Waals surface area contributed by atoms with Crippen LogP contribution in [0, 0.1) is 5.92 Å². The molecule has 0 spiro atoms. The minimum atomic E-state index is -3.96. The van der Waals surface area contributed by atoms with Crippen molar-refractivity contribution in [2.45, 2.75) is 29.9 Å². The number of benzene rings is 3. The number of sulfonamides is 1. The van der Waals surface area contributed by atoms with Crippen LogP contribution in [0.4, 0.5) is 0 Å². The van der Waals surface area contributed by atoms with Crippen LogP contribution in [-0.2, 0) is 19.6 Å². The largest absolute Gasteiger partial charge is 0.455 e. The smallest absolute Gasteiger partial charge is 0.329 e. The van der Waals surface area contributed by atoms with E-state index in [4.69, 9.17) is 4.74 Å². The van der Waals surface area contributed by atoms with Gasteiger partial charge in [0.1, 0.15) is 19.1 Å². The molecule has 3 heterocycles. The van der Waals surface area contributed by atoms with Gasteiger partial charge in [-0.05, 0) is 17.7 Å². The van der Waals surface area contributed by atoms with E-state index in [1.807, 2.05) is 36.4 Å². The third kappa shape index (κ3) is 5.66. The number of nitrogens with zero attached hydrogens (tertiary/aromatic N) is 1. The maximum absolute atomic E-state index is 13.5. The number of quaternary nitrogens is 1. The molecular formula is C29H31N2O5S+. The Balaban J connectivity index is 1.34. The van der Waals surface area contributed by atoms with Crippen molar-refractivity contribution in [3.8, 4) is 0 Å². The molecule has 3 aromatic carbocycles. The van der Waals surface area contributed by atoms with E-state index in [9.17, 15) is 18.0 Å². The number of ether oxygens (including phenoxy) is 1. The van der Waals surface area contributed by atoms with Crippen molar-refractivity contribution in [1.82, 2.24) is 4.72 Å². The Morgan fingerprint density at radius 1 is 0.865 bits per heavy atom. The number of Topliss-reactive ketones (excluding diaryl/α,β-unsaturated/α-hetero) is 1. The second kappa shape index (κ2) is 10.6. The zero-order chi connectivity index (χ0) is 25.9. The molecule has 37 heavy (non-hydrogen) atoms. The number of ketones is 1. The van der Waals surface area contributed by atoms with Gasteiger partial charge in [0, 0.05) is 24.3 Å². The Kier molecular flexibility index (Phi) is 7.24. The molecule has 3 fully saturated rings. The quantitative estimate of drug-likeness (QED) is 0.264. The summed E-state index contributed by atoms with van der Waals surface area (Å²) in [4.78, 5) is 26.6. The predicted octanol–water partition coefficient (Wildman–Crippen LogP) is 3.74. The first-order chi connectivity index (χ1) is 17.9. The van der Waals surface area contributed by atoms with Crippen molar-refractivity contribution in [1.29, 1.82) is 0 Å². The standard InChI is InChI=1S/C29H31N2O5S/c32-26(22-10-4-1-5-11-22)20-31-18-16-23(17-19-31)27(21-31)36-29(33)28(24-12-6-2-7-13-24)30-37(34,35)25-14-8-3-9-15-25/h1-15,23,27-28,30H,16-21H2/q+1/t23?,27-,28?,31?/m0/s1. The molecule has 3 aliphatic rings. The van der Waals surface area contributed by atoms with Crippen LogP contribution < -0.4 is 4.72 Å². The van der Waals surface area contributed by atoms with Crippen LogP contribution in [0.1, 0.15) is 34.8 Å². The zero-order valence-electron chi connectivity index (χ0n) is 20.5. The number of carbonyl (C=O) groups is 2. The summed E-state index contributed by atoms with van der Waals surface area (Å²) in [6.45, 7) is 2.68. The first kappa shape index (κ1) is 25.3. The molecule has 6 rings (SSSR count). The average Bonchev–Trinajstić information content (AvgIpc) is 2.93. The highest BCUT2D eigenvalue weighted by molar-refractivity contribution is 7.89. The van der Waals surface area contributed by atoms with Crippen LogP contribution in [0.3, 0.4) is 0 Å². The van der Waals surface area contributed by atoms with E-state index in [-0.39, 0.29) is 22.7 Å². The van der Waals surface area contributed by atoms with Gasteiger partial charge in [0.05, 0.1) is 18.0 Å². The molecule has 2 bridgehead atoms. The lowest BCUT2D eigenvalue weighted by Crippen LogP contribution is -2.66. The molecule has 192 valence electrons. The van der Waals surface area contributed by atoms with E-state index in [1.54, 1.807) is 42.5 Å². The monoisotopic (exact) mass is 519 g/mol. The molecule has 0 aliphatic carbocycles. The molecule has 0 radical (unpaired) electrons. The fourth-order valence-corrected chi connectivity index (χ4v) is 6.73. The lowest BCUT2D eigenvalue weighted by atomic mass is 9.82. The summed E-state index contributed by atoms with van der Waals surface area (Å²) in [5, 5.41) is 0. The number of carbonyl (C=O) groups excluding carboxylic acids is 2. The summed E-state index contributed by atoms with van der Waals surface area (Å²) in [7, 11) is -3.96. The molecule has 1 N–H and O–H groups in total. The Morgan fingerprint density at radius 2 is 1.43 bits per heavy atom. The lowest BCUT2D eigenvalue weighted by molar-refractivity contribution is -0.938. The first-order valence-corrected chi connectivity index (χ1v) is 14.1. The van der Waals surface area contributed by atoms with Crippen molar-refractivity contribution in [3.05, 3.63) is 102 Å². The molecule has 8 heteroatoms. The maximum Gasteiger partial charge on any atom is 0.329 e. The number of fused-ring (bicyclic) bond motifs is 3. The molecule has 3 aliphatic heterocycles. The highest BCUT2D eigenvalue weighted by Crippen LogP contribution is 2.36. The number of nitrogens with one attached hydrogen (secondary N) is 1. The van der Waals surface area contributed by atoms with E-state index in [0.717, 1.165) is 25.9 Å². The molecule has 0 amide bonds. The Bertz CT molecular complexity index is 1340. The van der Waals surface area contributed by atoms with Crippen LogP contribution in [0.5, 0.6) is 0 Å². The highest BCUT2D eigenvalue weighted by Gasteiger charge is 2.49. The van der Waals surface area contributed by atoms with E-state index < -0.39 is 22.0 Å². The van der Waals surface area contributed by atoms with Gasteiger partial charge in [0.2, 0.25) is 15.8 Å². The van der Waals surface area contributed by atoms with E-state index in [1.165, 1.54) is 12.1 Å². The molecule has 3 saturated heterocycles. The minimum Gasteiger partial charge on any atom is -0.455 e. The van der Waals surface area contributed by atoms with Gasteiger partial charge >= 0.3 is 5.97 Å². The summed E-state index contributed by atoms with van der Waals surface area (Å²) in [6.07, 6.45) is 1.36. The average molecular weight is 520 g/mol. The second-order valence-electron chi connectivity index (χ2n) is 10.0. The number of piperidine rings is 3. The molecule has 3 aromatic rings. The number of esters is 1. The third-order valence-electron chi connectivity index (χ3n) is 7.58. The molecule has 2 atom stereocenters. The molecule has 1 unspecified atom stereocenters. The minimum absolute atomic E-state index is 0.0792. The number of rotatable bonds is 9. The summed E-state index contributed by atoms with van der Waals surface area (Å²) in [5.74, 6) is -0.335. The first-order valence-electron chi connectivity index (χ1n) is 12.6. The van der Waals surface area contributed by atoms with Gasteiger partial charge in [-0.15, -0.1) is 0 Å². The molecule has 7 nitrogen and oxygen atoms in total. The topological polar surface area (TPSA) is 89.5 Å². The van der Waals surface area contributed by atoms with Crippen molar-refractivity contribution in [2.75, 3.05) is 26.2 Å². The zero-order valence-corrected chi connectivity index (χ0v) is 21.3. The Hall–Kier alpha value is -3.33. The van der Waals surface area contributed by atoms with Crippen LogP contribution >= 0.6 is 0 Å². The SMILES string of the molecule is O=C(C[N+]12CCC(CC1)[C@@H](OC(=O)C(NS(=O)(=O)c1ccccc1)c1ccccc1)C2)c1ccccc1. The molecular weight excluding hydrogens is 488 g/mol. The molecule has 0 aromatic heterocycles. The van der Waals surface area contributed by atoms with Gasteiger partial charge in [-0.1, -0.05) is 78.9 Å². The maximum atomic E-state index is 13.5. The summed E-state index contributed by atoms with van der Waals surface area (Å²) in [5.41, 5.74) is 1.20. The summed E-state index contributed by atoms with van der Waals surface area (Å²) < 4.78 is 35.4. The van der Waals surface area contributed by atoms with Gasteiger partial charge < -0.3 is 9.22 Å². The van der Waals surface area contributed by atoms with Crippen LogP contribution in [0.25, 0.3) is 0 Å². The lowest BCUT2D eigenvalue weighted by Gasteiger charge is -2.51. The van der Waals surface area contributed by atoms with Gasteiger partial charge in [-0.2, -0.15) is 4.72 Å². The van der Waals surface area contributed by atoms with Crippen molar-refractivity contribution >= 4 is 21.8 Å². The van der Waals surface area contributed by atoms with Crippen molar-refractivity contribution in [2.24, 2.45) is 5.92 Å². The predicted molar refractivity (Wildman–Crippen MR) is 139 cm³/mol. The van der Waals surface area contributed by atoms with Gasteiger partial charge in [0.15, 0.2) is 6.10 Å². The Morgan fingerprint density at radius 3 is 2.05 bits per heavy atom. The number of hydrogen-bond acceptors (Lipinski definition) is 5. The van der Waals surface area contributed by atoms with E-state index in [0.29, 0.717) is 28.7 Å². The van der Waals surface area contributed by atoms with Gasteiger partial charge in [0.25, 0.3) is 0 Å². The Labute approximate surface area is 217 Å². The van der Waals surface area contributed by atoms with Gasteiger partial charge in [-0.3, -0.25) is 4.79 Å². The van der Waals surface area contributed by atoms with Gasteiger partial charge in [-0.25, -0.2) is 13.2 Å². The summed E-state index contributed by atoms with van der Waals surface area (Å²) >= 11 is 0. The van der Waals surface area contributed by atoms with Crippen LogP contribution in [0.2, 0.25) is 0 Å². The third-order valence-corrected chi connectivity index (χ3v) is 9.02. The van der Waals surface area contributed by atoms with Crippen LogP contribution in [-0.4, -0.2) is 56.9 Å². The molecule has 0 saturated carbocycles. The second-order valence-corrected chi connectivity index (χ2v) is 11.7. The van der Waals surface area contributed by atoms with Crippen molar-refractivity contribution < 1.29 is 27.2 Å². The van der Waals surface area contributed by atoms with E-state index >= 15 is 0 Å². The van der Waals surface area contributed by atoms with Crippen molar-refractivity contribution in [3.63, 3.8) is 0 Å². The number of hydrogen-bond donors (Lipinski definition) is 1.